The summed E-state index contributed by atoms with van der Waals surface area (Å²) in [4.78, 5) is 13.5. The highest BCUT2D eigenvalue weighted by atomic mass is 16.5. The lowest BCUT2D eigenvalue weighted by Crippen LogP contribution is -2.24. The first-order valence-electron chi connectivity index (χ1n) is 10.7. The van der Waals surface area contributed by atoms with E-state index in [1.807, 2.05) is 24.3 Å². The first-order chi connectivity index (χ1) is 14.1. The molecule has 2 aromatic carbocycles. The van der Waals surface area contributed by atoms with Crippen molar-refractivity contribution in [1.29, 1.82) is 0 Å². The molecule has 0 radical (unpaired) electrons. The van der Waals surface area contributed by atoms with Crippen LogP contribution >= 0.6 is 0 Å². The fourth-order valence-corrected chi connectivity index (χ4v) is 4.59. The van der Waals surface area contributed by atoms with Gasteiger partial charge in [-0.1, -0.05) is 62.5 Å². The summed E-state index contributed by atoms with van der Waals surface area (Å²) in [6.45, 7) is 5.19. The molecule has 0 atom stereocenters. The lowest BCUT2D eigenvalue weighted by Gasteiger charge is -2.27. The van der Waals surface area contributed by atoms with E-state index in [0.29, 0.717) is 28.8 Å². The molecule has 2 aliphatic carbocycles. The molecular weight excluding hydrogens is 362 g/mol. The number of rotatable bonds is 5. The van der Waals surface area contributed by atoms with E-state index >= 15 is 0 Å². The summed E-state index contributed by atoms with van der Waals surface area (Å²) in [6.07, 6.45) is 6.07. The van der Waals surface area contributed by atoms with Gasteiger partial charge in [0.25, 0.3) is 0 Å². The topological polar surface area (TPSA) is 67.2 Å². The van der Waals surface area contributed by atoms with E-state index in [4.69, 9.17) is 4.52 Å². The number of benzene rings is 2. The number of hydrogen-bond acceptors (Lipinski definition) is 5. The van der Waals surface area contributed by atoms with Gasteiger partial charge in [0.1, 0.15) is 5.52 Å². The summed E-state index contributed by atoms with van der Waals surface area (Å²) in [7, 11) is 0. The maximum absolute atomic E-state index is 13.5. The Bertz CT molecular complexity index is 1080. The predicted octanol–water partition coefficient (Wildman–Crippen LogP) is 5.85. The molecule has 1 saturated carbocycles. The Morgan fingerprint density at radius 3 is 2.62 bits per heavy atom. The Hall–Kier alpha value is -2.82. The quantitative estimate of drug-likeness (QED) is 0.448. The van der Waals surface area contributed by atoms with Crippen molar-refractivity contribution in [2.75, 3.05) is 17.2 Å². The van der Waals surface area contributed by atoms with Crippen LogP contribution in [0.3, 0.4) is 0 Å². The molecule has 2 N–H and O–H groups in total. The molecule has 0 spiro atoms. The number of carbonyl (C=O) groups is 1. The Balaban J connectivity index is 1.69. The van der Waals surface area contributed by atoms with E-state index < -0.39 is 0 Å². The zero-order valence-electron chi connectivity index (χ0n) is 17.0. The van der Waals surface area contributed by atoms with Crippen LogP contribution < -0.4 is 10.6 Å². The molecule has 29 heavy (non-hydrogen) atoms. The minimum absolute atomic E-state index is 0.0509. The van der Waals surface area contributed by atoms with Crippen molar-refractivity contribution >= 4 is 28.1 Å². The highest BCUT2D eigenvalue weighted by molar-refractivity contribution is 6.28. The van der Waals surface area contributed by atoms with Crippen LogP contribution in [0.25, 0.3) is 22.2 Å². The van der Waals surface area contributed by atoms with Gasteiger partial charge in [0.05, 0.1) is 16.6 Å². The van der Waals surface area contributed by atoms with Crippen molar-refractivity contribution in [3.63, 3.8) is 0 Å². The van der Waals surface area contributed by atoms with Crippen LogP contribution in [0.4, 0.5) is 11.4 Å². The van der Waals surface area contributed by atoms with E-state index in [1.165, 1.54) is 19.3 Å². The second kappa shape index (κ2) is 7.21. The predicted molar refractivity (Wildman–Crippen MR) is 117 cm³/mol. The highest BCUT2D eigenvalue weighted by Gasteiger charge is 2.33. The number of nitrogens with zero attached hydrogens (tertiary/aromatic N) is 1. The standard InChI is InChI=1S/C24H27N3O2/c1-14(2)13-25-19-12-18(26-15-8-4-3-5-9-15)20-21-22(19)27-29-24(21)17-11-7-6-10-16(17)23(20)28/h6-7,10-12,14-15,25-26H,3-5,8-9,13H2,1-2H3. The molecule has 1 heterocycles. The summed E-state index contributed by atoms with van der Waals surface area (Å²) >= 11 is 0. The average molecular weight is 389 g/mol. The number of ketones is 1. The maximum atomic E-state index is 13.5. The lowest BCUT2D eigenvalue weighted by atomic mass is 9.86. The van der Waals surface area contributed by atoms with Gasteiger partial charge in [0, 0.05) is 29.4 Å². The van der Waals surface area contributed by atoms with Gasteiger partial charge in [-0.3, -0.25) is 4.79 Å². The van der Waals surface area contributed by atoms with Crippen molar-refractivity contribution < 1.29 is 9.32 Å². The molecular formula is C24H27N3O2. The number of carbonyl (C=O) groups excluding carboxylic acids is 1. The second-order valence-corrected chi connectivity index (χ2v) is 8.71. The normalized spacial score (nSPS) is 16.3. The summed E-state index contributed by atoms with van der Waals surface area (Å²) in [5, 5.41) is 12.4. The summed E-state index contributed by atoms with van der Waals surface area (Å²) in [5.74, 6) is 1.25. The molecule has 5 nitrogen and oxygen atoms in total. The number of nitrogens with one attached hydrogen (secondary N) is 2. The molecule has 0 bridgehead atoms. The molecule has 2 aliphatic rings. The van der Waals surface area contributed by atoms with Gasteiger partial charge < -0.3 is 15.2 Å². The minimum Gasteiger partial charge on any atom is -0.383 e. The van der Waals surface area contributed by atoms with Crippen molar-refractivity contribution in [2.45, 2.75) is 52.0 Å². The summed E-state index contributed by atoms with van der Waals surface area (Å²) < 4.78 is 5.79. The maximum Gasteiger partial charge on any atom is 0.196 e. The highest BCUT2D eigenvalue weighted by Crippen LogP contribution is 2.45. The molecule has 0 aliphatic heterocycles. The number of fused-ring (bicyclic) bond motifs is 2. The largest absolute Gasteiger partial charge is 0.383 e. The van der Waals surface area contributed by atoms with E-state index in [-0.39, 0.29) is 5.78 Å². The van der Waals surface area contributed by atoms with E-state index in [0.717, 1.165) is 47.2 Å². The minimum atomic E-state index is 0.0509. The van der Waals surface area contributed by atoms with Crippen molar-refractivity contribution in [3.8, 4) is 11.3 Å². The molecule has 5 heteroatoms. The van der Waals surface area contributed by atoms with Gasteiger partial charge in [-0.05, 0) is 24.8 Å². The second-order valence-electron chi connectivity index (χ2n) is 8.71. The van der Waals surface area contributed by atoms with Gasteiger partial charge >= 0.3 is 0 Å². The van der Waals surface area contributed by atoms with Crippen molar-refractivity contribution in [1.82, 2.24) is 5.16 Å². The van der Waals surface area contributed by atoms with E-state index in [2.05, 4.69) is 35.7 Å². The molecule has 1 aromatic heterocycles. The van der Waals surface area contributed by atoms with Gasteiger partial charge in [-0.2, -0.15) is 0 Å². The van der Waals surface area contributed by atoms with Crippen LogP contribution in [0.1, 0.15) is 61.9 Å². The SMILES string of the molecule is CC(C)CNc1cc(NC2CCCCC2)c2c3c(onc13)-c1ccccc1C2=O. The molecule has 0 saturated heterocycles. The third-order valence-corrected chi connectivity index (χ3v) is 6.06. The Labute approximate surface area is 170 Å². The number of anilines is 2. The molecule has 0 unspecified atom stereocenters. The van der Waals surface area contributed by atoms with Crippen LogP contribution in [-0.4, -0.2) is 23.5 Å². The Morgan fingerprint density at radius 2 is 1.86 bits per heavy atom. The molecule has 1 fully saturated rings. The van der Waals surface area contributed by atoms with Crippen molar-refractivity contribution in [3.05, 3.63) is 41.5 Å². The van der Waals surface area contributed by atoms with Crippen LogP contribution in [0.2, 0.25) is 0 Å². The van der Waals surface area contributed by atoms with Crippen LogP contribution in [0.15, 0.2) is 34.9 Å². The lowest BCUT2D eigenvalue weighted by molar-refractivity contribution is 0.104. The van der Waals surface area contributed by atoms with Gasteiger partial charge in [0.15, 0.2) is 11.5 Å². The fourth-order valence-electron chi connectivity index (χ4n) is 4.59. The van der Waals surface area contributed by atoms with Crippen LogP contribution in [-0.2, 0) is 0 Å². The summed E-state index contributed by atoms with van der Waals surface area (Å²) in [5.41, 5.74) is 4.80. The number of aromatic nitrogens is 1. The molecule has 5 rings (SSSR count). The zero-order valence-corrected chi connectivity index (χ0v) is 17.0. The first kappa shape index (κ1) is 18.2. The molecule has 150 valence electrons. The van der Waals surface area contributed by atoms with Gasteiger partial charge in [-0.15, -0.1) is 0 Å². The van der Waals surface area contributed by atoms with Crippen molar-refractivity contribution in [2.24, 2.45) is 5.92 Å². The molecule has 3 aromatic rings. The van der Waals surface area contributed by atoms with Gasteiger partial charge in [0.2, 0.25) is 0 Å². The third kappa shape index (κ3) is 3.09. The Kier molecular flexibility index (Phi) is 4.53. The van der Waals surface area contributed by atoms with Gasteiger partial charge in [-0.25, -0.2) is 0 Å². The first-order valence-corrected chi connectivity index (χ1v) is 10.7. The van der Waals surface area contributed by atoms with Crippen LogP contribution in [0.5, 0.6) is 0 Å². The number of hydrogen-bond donors (Lipinski definition) is 2. The molecule has 0 amide bonds. The Morgan fingerprint density at radius 1 is 1.10 bits per heavy atom. The van der Waals surface area contributed by atoms with Crippen LogP contribution in [0, 0.1) is 5.92 Å². The zero-order chi connectivity index (χ0) is 20.0. The average Bonchev–Trinajstić information content (AvgIpc) is 3.17. The summed E-state index contributed by atoms with van der Waals surface area (Å²) in [6, 6.07) is 10.1. The monoisotopic (exact) mass is 389 g/mol. The van der Waals surface area contributed by atoms with E-state index in [1.54, 1.807) is 0 Å². The third-order valence-electron chi connectivity index (χ3n) is 6.06. The smallest absolute Gasteiger partial charge is 0.196 e. The van der Waals surface area contributed by atoms with E-state index in [9.17, 15) is 4.79 Å². The fraction of sp³-hybridized carbons (Fsp3) is 0.417.